The van der Waals surface area contributed by atoms with Crippen LogP contribution in [0.2, 0.25) is 0 Å². The quantitative estimate of drug-likeness (QED) is 0.503. The molecule has 0 spiro atoms. The van der Waals surface area contributed by atoms with Crippen LogP contribution in [0.3, 0.4) is 0 Å². The predicted octanol–water partition coefficient (Wildman–Crippen LogP) is 7.50. The van der Waals surface area contributed by atoms with Crippen LogP contribution in [-0.2, 0) is 4.79 Å². The summed E-state index contributed by atoms with van der Waals surface area (Å²) in [5.74, 6) is 1.54. The van der Waals surface area contributed by atoms with Gasteiger partial charge in [-0.05, 0) is 47.0 Å². The van der Waals surface area contributed by atoms with Crippen molar-refractivity contribution < 1.29 is 9.90 Å². The van der Waals surface area contributed by atoms with Crippen LogP contribution in [0.15, 0.2) is 0 Å². The highest BCUT2D eigenvalue weighted by Crippen LogP contribution is 2.45. The van der Waals surface area contributed by atoms with E-state index in [1.807, 2.05) is 13.8 Å². The molecule has 0 radical (unpaired) electrons. The summed E-state index contributed by atoms with van der Waals surface area (Å²) in [6.45, 7) is 34.2. The Morgan fingerprint density at radius 2 is 1.21 bits per heavy atom. The molecular weight excluding hydrogens is 346 g/mol. The number of nitrogens with one attached hydrogen (secondary N) is 1. The molecule has 28 heavy (non-hydrogen) atoms. The van der Waals surface area contributed by atoms with Gasteiger partial charge < -0.3 is 10.4 Å². The predicted molar refractivity (Wildman–Crippen MR) is 127 cm³/mol. The number of carbonyl (C=O) groups is 1. The molecule has 0 amide bonds. The maximum absolute atomic E-state index is 9.00. The van der Waals surface area contributed by atoms with E-state index < -0.39 is 5.97 Å². The van der Waals surface area contributed by atoms with Gasteiger partial charge in [0.05, 0.1) is 0 Å². The average molecular weight is 402 g/mol. The highest BCUT2D eigenvalue weighted by atomic mass is 16.4. The molecule has 2 N–H and O–H groups in total. The van der Waals surface area contributed by atoms with Gasteiger partial charge in [0, 0.05) is 13.0 Å². The van der Waals surface area contributed by atoms with E-state index in [0.717, 1.165) is 24.7 Å². The number of aliphatic carboxylic acids is 1. The topological polar surface area (TPSA) is 49.3 Å². The van der Waals surface area contributed by atoms with E-state index in [1.54, 1.807) is 0 Å². The van der Waals surface area contributed by atoms with Gasteiger partial charge in [-0.15, -0.1) is 0 Å². The van der Waals surface area contributed by atoms with Crippen LogP contribution in [0.1, 0.15) is 110 Å². The van der Waals surface area contributed by atoms with Gasteiger partial charge in [0.2, 0.25) is 0 Å². The zero-order valence-electron chi connectivity index (χ0n) is 22.1. The second-order valence-electron chi connectivity index (χ2n) is 11.2. The van der Waals surface area contributed by atoms with Gasteiger partial charge in [0.25, 0.3) is 5.97 Å². The highest BCUT2D eigenvalue weighted by molar-refractivity contribution is 5.62. The van der Waals surface area contributed by atoms with Crippen LogP contribution < -0.4 is 5.32 Å². The first-order valence-electron chi connectivity index (χ1n) is 11.3. The van der Waals surface area contributed by atoms with E-state index in [0.29, 0.717) is 22.3 Å². The maximum Gasteiger partial charge on any atom is 0.300 e. The van der Waals surface area contributed by atoms with Crippen molar-refractivity contribution in [3.8, 4) is 0 Å². The van der Waals surface area contributed by atoms with E-state index >= 15 is 0 Å². The van der Waals surface area contributed by atoms with Crippen LogP contribution in [0.4, 0.5) is 0 Å². The second kappa shape index (κ2) is 13.6. The summed E-state index contributed by atoms with van der Waals surface area (Å²) < 4.78 is 0. The molecule has 0 aromatic carbocycles. The van der Waals surface area contributed by atoms with E-state index in [-0.39, 0.29) is 0 Å². The van der Waals surface area contributed by atoms with Crippen LogP contribution >= 0.6 is 0 Å². The summed E-state index contributed by atoms with van der Waals surface area (Å²) in [6, 6.07) is 0.676. The van der Waals surface area contributed by atoms with Crippen molar-refractivity contribution in [2.45, 2.75) is 116 Å². The zero-order chi connectivity index (χ0) is 23.5. The summed E-state index contributed by atoms with van der Waals surface area (Å²) in [5, 5.41) is 11.1. The normalized spacial score (nSPS) is 19.8. The first-order chi connectivity index (χ1) is 12.3. The number of carboxylic acid groups (broad SMARTS) is 1. The first kappa shape index (κ1) is 32.1. The Kier molecular flexibility index (Phi) is 15.6. The average Bonchev–Trinajstić information content (AvgIpc) is 2.98. The Bertz CT molecular complexity index is 394. The number of hydrogen-bond acceptors (Lipinski definition) is 2. The van der Waals surface area contributed by atoms with Gasteiger partial charge >= 0.3 is 0 Å². The lowest BCUT2D eigenvalue weighted by Crippen LogP contribution is -2.46. The summed E-state index contributed by atoms with van der Waals surface area (Å²) in [6.07, 6.45) is 1.34. The van der Waals surface area contributed by atoms with E-state index in [2.05, 4.69) is 88.4 Å². The second-order valence-corrected chi connectivity index (χ2v) is 11.2. The van der Waals surface area contributed by atoms with Crippen molar-refractivity contribution in [1.29, 1.82) is 0 Å². The lowest BCUT2D eigenvalue weighted by Gasteiger charge is -2.43. The summed E-state index contributed by atoms with van der Waals surface area (Å²) in [4.78, 5) is 9.00. The van der Waals surface area contributed by atoms with E-state index in [4.69, 9.17) is 9.90 Å². The molecule has 1 rings (SSSR count). The molecule has 2 atom stereocenters. The van der Waals surface area contributed by atoms with Gasteiger partial charge in [-0.2, -0.15) is 0 Å². The van der Waals surface area contributed by atoms with Gasteiger partial charge in [0.1, 0.15) is 0 Å². The summed E-state index contributed by atoms with van der Waals surface area (Å²) >= 11 is 0. The Hall–Kier alpha value is -0.570. The van der Waals surface area contributed by atoms with Crippen molar-refractivity contribution in [2.75, 3.05) is 6.54 Å². The molecule has 0 aliphatic carbocycles. The minimum Gasteiger partial charge on any atom is -0.481 e. The third-order valence-corrected chi connectivity index (χ3v) is 6.33. The molecule has 1 heterocycles. The molecule has 0 aromatic heterocycles. The molecule has 1 aliphatic rings. The van der Waals surface area contributed by atoms with Gasteiger partial charge in [0.15, 0.2) is 0 Å². The molecule has 3 nitrogen and oxygen atoms in total. The maximum atomic E-state index is 9.00. The fraction of sp³-hybridized carbons (Fsp3) is 0.960. The number of carboxylic acids is 1. The minimum absolute atomic E-state index is 0.382. The molecule has 172 valence electrons. The summed E-state index contributed by atoms with van der Waals surface area (Å²) in [7, 11) is 0. The molecule has 0 bridgehead atoms. The van der Waals surface area contributed by atoms with Crippen molar-refractivity contribution in [2.24, 2.45) is 34.0 Å². The third kappa shape index (κ3) is 13.6. The van der Waals surface area contributed by atoms with Gasteiger partial charge in [-0.3, -0.25) is 4.79 Å². The number of rotatable bonds is 2. The van der Waals surface area contributed by atoms with E-state index in [9.17, 15) is 0 Å². The Balaban J connectivity index is -0.000000401. The lowest BCUT2D eigenvalue weighted by atomic mass is 9.63. The Morgan fingerprint density at radius 3 is 1.43 bits per heavy atom. The van der Waals surface area contributed by atoms with Crippen LogP contribution in [0.5, 0.6) is 0 Å². The van der Waals surface area contributed by atoms with E-state index in [1.165, 1.54) is 13.0 Å². The van der Waals surface area contributed by atoms with Crippen LogP contribution in [-0.4, -0.2) is 23.7 Å². The molecule has 2 unspecified atom stereocenters. The standard InChI is InChI=1S/C14H29N.C7H16.C2H4O2.C2H6/c1-10(2)14(6,7)11-8-9-15-12(11)13(3,4)5;1-6(2)7(3,4)5;1-2(3)4;1-2/h10-12,15H,8-9H2,1-7H3;6H,1-5H3;1H3,(H,3,4);1-2H3. The Labute approximate surface area is 178 Å². The highest BCUT2D eigenvalue weighted by Gasteiger charge is 2.44. The van der Waals surface area contributed by atoms with Crippen molar-refractivity contribution in [3.63, 3.8) is 0 Å². The van der Waals surface area contributed by atoms with Crippen molar-refractivity contribution in [1.82, 2.24) is 5.32 Å². The minimum atomic E-state index is -0.833. The third-order valence-electron chi connectivity index (χ3n) is 6.33. The molecular formula is C25H55NO2. The number of hydrogen-bond donors (Lipinski definition) is 2. The smallest absolute Gasteiger partial charge is 0.300 e. The lowest BCUT2D eigenvalue weighted by molar-refractivity contribution is -0.134. The van der Waals surface area contributed by atoms with Crippen molar-refractivity contribution >= 4 is 5.97 Å². The van der Waals surface area contributed by atoms with Crippen LogP contribution in [0.25, 0.3) is 0 Å². The largest absolute Gasteiger partial charge is 0.481 e. The molecule has 1 fully saturated rings. The van der Waals surface area contributed by atoms with Crippen molar-refractivity contribution in [3.05, 3.63) is 0 Å². The molecule has 1 aliphatic heterocycles. The fourth-order valence-corrected chi connectivity index (χ4v) is 2.84. The monoisotopic (exact) mass is 401 g/mol. The Morgan fingerprint density at radius 1 is 0.893 bits per heavy atom. The molecule has 1 saturated heterocycles. The first-order valence-corrected chi connectivity index (χ1v) is 11.3. The van der Waals surface area contributed by atoms with Crippen LogP contribution in [0, 0.1) is 34.0 Å². The molecule has 0 saturated carbocycles. The fourth-order valence-electron chi connectivity index (χ4n) is 2.84. The SMILES string of the molecule is CC.CC(=O)O.CC(C)C(C)(C)C.CC(C)C(C)(C)C1CCNC1C(C)(C)C. The zero-order valence-corrected chi connectivity index (χ0v) is 22.1. The summed E-state index contributed by atoms with van der Waals surface area (Å²) in [5.41, 5.74) is 1.33. The van der Waals surface area contributed by atoms with Gasteiger partial charge in [-0.25, -0.2) is 0 Å². The van der Waals surface area contributed by atoms with Gasteiger partial charge in [-0.1, -0.05) is 96.9 Å². The molecule has 0 aromatic rings. The molecule has 3 heteroatoms.